The lowest BCUT2D eigenvalue weighted by molar-refractivity contribution is 0.0981. The Morgan fingerprint density at radius 3 is 2.35 bits per heavy atom. The Morgan fingerprint density at radius 2 is 1.74 bits per heavy atom. The van der Waals surface area contributed by atoms with Crippen LogP contribution in [0.4, 0.5) is 4.39 Å². The van der Waals surface area contributed by atoms with Gasteiger partial charge >= 0.3 is 0 Å². The molecule has 122 valence electrons. The Bertz CT molecular complexity index is 836. The largest absolute Gasteiger partial charge is 0.493 e. The van der Waals surface area contributed by atoms with Crippen molar-refractivity contribution >= 4 is 15.9 Å². The van der Waals surface area contributed by atoms with Gasteiger partial charge in [0.15, 0.2) is 11.5 Å². The number of hydrogen-bond acceptors (Lipinski definition) is 5. The fourth-order valence-electron chi connectivity index (χ4n) is 1.85. The Labute approximate surface area is 132 Å². The highest BCUT2D eigenvalue weighted by Crippen LogP contribution is 2.29. The van der Waals surface area contributed by atoms with Crippen molar-refractivity contribution in [3.8, 4) is 11.5 Å². The van der Waals surface area contributed by atoms with Crippen molar-refractivity contribution in [3.05, 3.63) is 53.8 Å². The zero-order chi connectivity index (χ0) is 17.0. The van der Waals surface area contributed by atoms with E-state index in [0.717, 1.165) is 12.1 Å². The van der Waals surface area contributed by atoms with E-state index in [-0.39, 0.29) is 16.2 Å². The van der Waals surface area contributed by atoms with Gasteiger partial charge in [-0.05, 0) is 30.3 Å². The number of nitrogens with one attached hydrogen (secondary N) is 1. The Morgan fingerprint density at radius 1 is 1.04 bits per heavy atom. The summed E-state index contributed by atoms with van der Waals surface area (Å²) in [6.45, 7) is 0. The summed E-state index contributed by atoms with van der Waals surface area (Å²) in [4.78, 5) is 11.8. The lowest BCUT2D eigenvalue weighted by Crippen LogP contribution is -2.30. The number of hydrogen-bond donors (Lipinski definition) is 1. The molecule has 2 aromatic carbocycles. The van der Waals surface area contributed by atoms with Crippen LogP contribution in [-0.2, 0) is 10.0 Å². The maximum Gasteiger partial charge on any atom is 0.265 e. The maximum absolute atomic E-state index is 13.1. The second-order valence-electron chi connectivity index (χ2n) is 4.46. The molecule has 0 bridgehead atoms. The highest BCUT2D eigenvalue weighted by atomic mass is 32.2. The molecule has 0 aromatic heterocycles. The van der Waals surface area contributed by atoms with E-state index in [1.54, 1.807) is 0 Å². The average molecular weight is 339 g/mol. The van der Waals surface area contributed by atoms with E-state index in [9.17, 15) is 17.6 Å². The molecular formula is C15H14FNO5S. The molecule has 8 heteroatoms. The van der Waals surface area contributed by atoms with Gasteiger partial charge in [-0.25, -0.2) is 17.5 Å². The van der Waals surface area contributed by atoms with E-state index < -0.39 is 21.7 Å². The minimum absolute atomic E-state index is 0.103. The van der Waals surface area contributed by atoms with Crippen molar-refractivity contribution < 1.29 is 27.1 Å². The molecule has 0 spiro atoms. The first kappa shape index (κ1) is 16.8. The second kappa shape index (κ2) is 6.66. The van der Waals surface area contributed by atoms with E-state index in [2.05, 4.69) is 0 Å². The molecule has 0 saturated carbocycles. The minimum Gasteiger partial charge on any atom is -0.493 e. The monoisotopic (exact) mass is 339 g/mol. The summed E-state index contributed by atoms with van der Waals surface area (Å²) in [5, 5.41) is 0. The summed E-state index contributed by atoms with van der Waals surface area (Å²) in [5.41, 5.74) is -0.103. The first-order valence-electron chi connectivity index (χ1n) is 6.42. The molecule has 0 heterocycles. The molecular weight excluding hydrogens is 325 g/mol. The molecule has 23 heavy (non-hydrogen) atoms. The van der Waals surface area contributed by atoms with Gasteiger partial charge in [0.2, 0.25) is 0 Å². The zero-order valence-electron chi connectivity index (χ0n) is 12.4. The summed E-state index contributed by atoms with van der Waals surface area (Å²) >= 11 is 0. The fourth-order valence-corrected chi connectivity index (χ4v) is 2.84. The van der Waals surface area contributed by atoms with Crippen molar-refractivity contribution in [3.63, 3.8) is 0 Å². The number of carbonyl (C=O) groups is 1. The first-order valence-corrected chi connectivity index (χ1v) is 7.90. The third-order valence-corrected chi connectivity index (χ3v) is 4.31. The number of benzene rings is 2. The predicted octanol–water partition coefficient (Wildman–Crippen LogP) is 1.96. The number of carbonyl (C=O) groups excluding carboxylic acids is 1. The van der Waals surface area contributed by atoms with Crippen molar-refractivity contribution in [1.82, 2.24) is 4.72 Å². The summed E-state index contributed by atoms with van der Waals surface area (Å²) in [6, 6.07) is 8.61. The molecule has 2 rings (SSSR count). The van der Waals surface area contributed by atoms with Crippen molar-refractivity contribution in [2.75, 3.05) is 14.2 Å². The number of methoxy groups -OCH3 is 2. The quantitative estimate of drug-likeness (QED) is 0.900. The van der Waals surface area contributed by atoms with Crippen LogP contribution in [0.5, 0.6) is 11.5 Å². The number of halogens is 1. The molecule has 0 atom stereocenters. The normalized spacial score (nSPS) is 10.9. The van der Waals surface area contributed by atoms with Crippen LogP contribution in [0.1, 0.15) is 10.4 Å². The fraction of sp³-hybridized carbons (Fsp3) is 0.133. The Hall–Kier alpha value is -2.61. The van der Waals surface area contributed by atoms with Crippen LogP contribution >= 0.6 is 0 Å². The molecule has 0 saturated heterocycles. The van der Waals surface area contributed by atoms with Gasteiger partial charge in [0.05, 0.1) is 19.1 Å². The van der Waals surface area contributed by atoms with Crippen LogP contribution in [-0.4, -0.2) is 28.5 Å². The summed E-state index contributed by atoms with van der Waals surface area (Å²) in [6.07, 6.45) is 0. The molecule has 6 nitrogen and oxygen atoms in total. The smallest absolute Gasteiger partial charge is 0.265 e. The SMILES string of the molecule is COc1ccc(S(=O)(=O)NC(=O)c2cccc(F)c2)cc1OC. The predicted molar refractivity (Wildman–Crippen MR) is 80.6 cm³/mol. The molecule has 0 aliphatic carbocycles. The third-order valence-electron chi connectivity index (χ3n) is 2.98. The van der Waals surface area contributed by atoms with Gasteiger partial charge in [-0.15, -0.1) is 0 Å². The van der Waals surface area contributed by atoms with Crippen LogP contribution in [0, 0.1) is 5.82 Å². The zero-order valence-corrected chi connectivity index (χ0v) is 13.2. The number of sulfonamides is 1. The molecule has 1 amide bonds. The standard InChI is InChI=1S/C15H14FNO5S/c1-21-13-7-6-12(9-14(13)22-2)23(19,20)17-15(18)10-4-3-5-11(16)8-10/h3-9H,1-2H3,(H,17,18). The molecule has 0 aliphatic rings. The minimum atomic E-state index is -4.14. The highest BCUT2D eigenvalue weighted by molar-refractivity contribution is 7.90. The van der Waals surface area contributed by atoms with Crippen LogP contribution in [0.2, 0.25) is 0 Å². The van der Waals surface area contributed by atoms with Gasteiger partial charge in [0.1, 0.15) is 5.82 Å². The van der Waals surface area contributed by atoms with Crippen molar-refractivity contribution in [2.45, 2.75) is 4.90 Å². The van der Waals surface area contributed by atoms with Gasteiger partial charge in [-0.1, -0.05) is 6.07 Å². The van der Waals surface area contributed by atoms with Crippen LogP contribution in [0.15, 0.2) is 47.4 Å². The van der Waals surface area contributed by atoms with Crippen LogP contribution in [0.25, 0.3) is 0 Å². The lowest BCUT2D eigenvalue weighted by Gasteiger charge is -2.11. The topological polar surface area (TPSA) is 81.7 Å². The summed E-state index contributed by atoms with van der Waals surface area (Å²) < 4.78 is 49.5. The highest BCUT2D eigenvalue weighted by Gasteiger charge is 2.20. The molecule has 0 fully saturated rings. The van der Waals surface area contributed by atoms with Gasteiger partial charge in [0.25, 0.3) is 15.9 Å². The van der Waals surface area contributed by atoms with E-state index in [4.69, 9.17) is 9.47 Å². The van der Waals surface area contributed by atoms with E-state index in [1.807, 2.05) is 4.72 Å². The van der Waals surface area contributed by atoms with Crippen LogP contribution < -0.4 is 14.2 Å². The van der Waals surface area contributed by atoms with E-state index in [0.29, 0.717) is 5.75 Å². The molecule has 2 aromatic rings. The van der Waals surface area contributed by atoms with Gasteiger partial charge < -0.3 is 9.47 Å². The summed E-state index contributed by atoms with van der Waals surface area (Å²) in [5.74, 6) is -1.02. The number of ether oxygens (including phenoxy) is 2. The Balaban J connectivity index is 2.30. The molecule has 0 radical (unpaired) electrons. The molecule has 0 aliphatic heterocycles. The van der Waals surface area contributed by atoms with E-state index >= 15 is 0 Å². The second-order valence-corrected chi connectivity index (χ2v) is 6.14. The van der Waals surface area contributed by atoms with Crippen LogP contribution in [0.3, 0.4) is 0 Å². The van der Waals surface area contributed by atoms with Gasteiger partial charge in [0, 0.05) is 11.6 Å². The average Bonchev–Trinajstić information content (AvgIpc) is 2.53. The van der Waals surface area contributed by atoms with Gasteiger partial charge in [-0.3, -0.25) is 4.79 Å². The third kappa shape index (κ3) is 3.78. The summed E-state index contributed by atoms with van der Waals surface area (Å²) in [7, 11) is -1.36. The number of rotatable bonds is 5. The van der Waals surface area contributed by atoms with Crippen molar-refractivity contribution in [1.29, 1.82) is 0 Å². The van der Waals surface area contributed by atoms with Gasteiger partial charge in [-0.2, -0.15) is 0 Å². The molecule has 0 unspecified atom stereocenters. The molecule has 1 N–H and O–H groups in total. The van der Waals surface area contributed by atoms with E-state index in [1.165, 1.54) is 44.6 Å². The first-order chi connectivity index (χ1) is 10.9. The lowest BCUT2D eigenvalue weighted by atomic mass is 10.2. The Kier molecular flexibility index (Phi) is 4.85. The maximum atomic E-state index is 13.1. The number of amides is 1. The van der Waals surface area contributed by atoms with Crippen molar-refractivity contribution in [2.24, 2.45) is 0 Å².